The smallest absolute Gasteiger partial charge is 0.265 e. The molecular formula is C40H48N8O7. The number of methoxy groups -OCH3 is 3. The average molecular weight is 753 g/mol. The summed E-state index contributed by atoms with van der Waals surface area (Å²) >= 11 is 0. The van der Waals surface area contributed by atoms with Gasteiger partial charge in [0.2, 0.25) is 0 Å². The standard InChI is InChI=1S/C20H24N4O4.C20H24N4O3/c1-26-13-18-22-19-17(11-21-24(19)15-7-9-28-10-8-15)20(25)23(18)12-14-3-5-16(27-2)6-4-14;1-3-18-22-19-17(12-21-24(19)15-8-10-27-11-9-15)20(25)23(18)13-14-4-6-16(26-2)7-5-14/h3-6,11,15H,7-10,12-13H2,1-2H3;4-7,12,15H,3,8-11,13H2,1-2H3. The average Bonchev–Trinajstić information content (AvgIpc) is 3.87. The first-order chi connectivity index (χ1) is 26.9. The second kappa shape index (κ2) is 17.4. The molecule has 0 N–H and O–H groups in total. The summed E-state index contributed by atoms with van der Waals surface area (Å²) < 4.78 is 33.8. The summed E-state index contributed by atoms with van der Waals surface area (Å²) in [4.78, 5) is 35.9. The molecule has 2 fully saturated rings. The summed E-state index contributed by atoms with van der Waals surface area (Å²) in [5, 5.41) is 10.1. The fourth-order valence-corrected chi connectivity index (χ4v) is 7.18. The number of aromatic nitrogens is 8. The zero-order valence-corrected chi connectivity index (χ0v) is 31.8. The Morgan fingerprint density at radius 2 is 1.05 bits per heavy atom. The second-order valence-corrected chi connectivity index (χ2v) is 13.7. The third-order valence-corrected chi connectivity index (χ3v) is 10.2. The number of fused-ring (bicyclic) bond motifs is 2. The summed E-state index contributed by atoms with van der Waals surface area (Å²) in [6.07, 6.45) is 7.50. The topological polar surface area (TPSA) is 152 Å². The van der Waals surface area contributed by atoms with E-state index in [9.17, 15) is 9.59 Å². The van der Waals surface area contributed by atoms with Gasteiger partial charge in [-0.05, 0) is 61.1 Å². The molecule has 55 heavy (non-hydrogen) atoms. The molecule has 2 saturated heterocycles. The molecule has 2 aliphatic heterocycles. The number of benzene rings is 2. The molecule has 0 bridgehead atoms. The Balaban J connectivity index is 0.000000169. The van der Waals surface area contributed by atoms with E-state index in [1.165, 1.54) is 0 Å². The van der Waals surface area contributed by atoms with Gasteiger partial charge < -0.3 is 23.7 Å². The van der Waals surface area contributed by atoms with Gasteiger partial charge in [0.15, 0.2) is 11.3 Å². The van der Waals surface area contributed by atoms with Crippen LogP contribution in [0.2, 0.25) is 0 Å². The normalized spacial score (nSPS) is 15.3. The molecule has 0 aliphatic carbocycles. The number of ether oxygens (including phenoxy) is 5. The van der Waals surface area contributed by atoms with E-state index in [4.69, 9.17) is 33.7 Å². The number of rotatable bonds is 11. The Bertz CT molecular complexity index is 2320. The van der Waals surface area contributed by atoms with Crippen molar-refractivity contribution in [1.29, 1.82) is 0 Å². The van der Waals surface area contributed by atoms with Crippen LogP contribution in [0, 0.1) is 0 Å². The molecule has 2 aromatic carbocycles. The number of aryl methyl sites for hydroxylation is 1. The van der Waals surface area contributed by atoms with Crippen molar-refractivity contribution >= 4 is 22.1 Å². The predicted molar refractivity (Wildman–Crippen MR) is 206 cm³/mol. The molecule has 15 nitrogen and oxygen atoms in total. The number of nitrogens with zero attached hydrogens (tertiary/aromatic N) is 8. The van der Waals surface area contributed by atoms with Gasteiger partial charge in [-0.3, -0.25) is 18.7 Å². The minimum atomic E-state index is -0.105. The highest BCUT2D eigenvalue weighted by molar-refractivity contribution is 5.74. The minimum Gasteiger partial charge on any atom is -0.497 e. The first-order valence-corrected chi connectivity index (χ1v) is 18.8. The maximum atomic E-state index is 13.2. The van der Waals surface area contributed by atoms with Crippen LogP contribution in [0.5, 0.6) is 11.5 Å². The van der Waals surface area contributed by atoms with Crippen LogP contribution in [-0.2, 0) is 40.3 Å². The van der Waals surface area contributed by atoms with Gasteiger partial charge in [-0.2, -0.15) is 10.2 Å². The zero-order valence-electron chi connectivity index (χ0n) is 31.8. The maximum Gasteiger partial charge on any atom is 0.265 e. The summed E-state index contributed by atoms with van der Waals surface area (Å²) in [6, 6.07) is 15.8. The van der Waals surface area contributed by atoms with Crippen LogP contribution < -0.4 is 20.6 Å². The molecule has 4 aromatic heterocycles. The molecule has 6 heterocycles. The van der Waals surface area contributed by atoms with Gasteiger partial charge in [-0.25, -0.2) is 19.3 Å². The molecule has 6 aromatic rings. The Morgan fingerprint density at radius 1 is 0.636 bits per heavy atom. The van der Waals surface area contributed by atoms with Gasteiger partial charge in [0.05, 0.1) is 51.8 Å². The summed E-state index contributed by atoms with van der Waals surface area (Å²) in [5.41, 5.74) is 3.19. The Morgan fingerprint density at radius 3 is 1.45 bits per heavy atom. The first kappa shape index (κ1) is 37.9. The number of hydrogen-bond donors (Lipinski definition) is 0. The van der Waals surface area contributed by atoms with E-state index >= 15 is 0 Å². The first-order valence-electron chi connectivity index (χ1n) is 18.8. The van der Waals surface area contributed by atoms with Crippen molar-refractivity contribution in [2.45, 2.75) is 70.8 Å². The van der Waals surface area contributed by atoms with Gasteiger partial charge in [0, 0.05) is 40.0 Å². The van der Waals surface area contributed by atoms with Crippen LogP contribution >= 0.6 is 0 Å². The third-order valence-electron chi connectivity index (χ3n) is 10.2. The van der Waals surface area contributed by atoms with Crippen molar-refractivity contribution in [3.63, 3.8) is 0 Å². The highest BCUT2D eigenvalue weighted by Crippen LogP contribution is 2.25. The van der Waals surface area contributed by atoms with E-state index < -0.39 is 0 Å². The van der Waals surface area contributed by atoms with E-state index in [0.717, 1.165) is 67.3 Å². The molecule has 8 rings (SSSR count). The van der Waals surface area contributed by atoms with E-state index in [-0.39, 0.29) is 29.8 Å². The molecule has 0 atom stereocenters. The van der Waals surface area contributed by atoms with Crippen LogP contribution in [0.15, 0.2) is 70.5 Å². The molecular weight excluding hydrogens is 704 g/mol. The van der Waals surface area contributed by atoms with Gasteiger partial charge in [-0.15, -0.1) is 0 Å². The quantitative estimate of drug-likeness (QED) is 0.181. The van der Waals surface area contributed by atoms with E-state index in [2.05, 4.69) is 10.2 Å². The zero-order chi connectivity index (χ0) is 38.3. The fraction of sp³-hybridized carbons (Fsp3) is 0.450. The molecule has 0 spiro atoms. The van der Waals surface area contributed by atoms with E-state index in [0.29, 0.717) is 60.6 Å². The van der Waals surface area contributed by atoms with Crippen molar-refractivity contribution in [2.24, 2.45) is 0 Å². The Labute approximate surface area is 318 Å². The fourth-order valence-electron chi connectivity index (χ4n) is 7.18. The summed E-state index contributed by atoms with van der Waals surface area (Å²) in [7, 11) is 4.87. The lowest BCUT2D eigenvalue weighted by Gasteiger charge is -2.23. The highest BCUT2D eigenvalue weighted by atomic mass is 16.5. The van der Waals surface area contributed by atoms with Gasteiger partial charge in [0.25, 0.3) is 11.1 Å². The van der Waals surface area contributed by atoms with Gasteiger partial charge in [0.1, 0.15) is 40.5 Å². The molecule has 290 valence electrons. The van der Waals surface area contributed by atoms with Crippen LogP contribution in [0.4, 0.5) is 0 Å². The Hall–Kier alpha value is -5.38. The number of hydrogen-bond acceptors (Lipinski definition) is 11. The van der Waals surface area contributed by atoms with Gasteiger partial charge in [-0.1, -0.05) is 31.2 Å². The largest absolute Gasteiger partial charge is 0.497 e. The highest BCUT2D eigenvalue weighted by Gasteiger charge is 2.24. The van der Waals surface area contributed by atoms with Crippen LogP contribution in [-0.4, -0.2) is 86.4 Å². The summed E-state index contributed by atoms with van der Waals surface area (Å²) in [5.74, 6) is 2.94. The van der Waals surface area contributed by atoms with Gasteiger partial charge >= 0.3 is 0 Å². The summed E-state index contributed by atoms with van der Waals surface area (Å²) in [6.45, 7) is 6.01. The Kier molecular flexibility index (Phi) is 12.0. The van der Waals surface area contributed by atoms with Crippen LogP contribution in [0.1, 0.15) is 67.5 Å². The van der Waals surface area contributed by atoms with Crippen molar-refractivity contribution in [1.82, 2.24) is 38.7 Å². The third kappa shape index (κ3) is 8.19. The van der Waals surface area contributed by atoms with Crippen molar-refractivity contribution in [3.8, 4) is 11.5 Å². The van der Waals surface area contributed by atoms with Crippen molar-refractivity contribution < 1.29 is 23.7 Å². The molecule has 0 unspecified atom stereocenters. The van der Waals surface area contributed by atoms with E-state index in [1.807, 2.05) is 64.8 Å². The lowest BCUT2D eigenvalue weighted by Crippen LogP contribution is -2.27. The van der Waals surface area contributed by atoms with Crippen LogP contribution in [0.3, 0.4) is 0 Å². The monoisotopic (exact) mass is 752 g/mol. The predicted octanol–water partition coefficient (Wildman–Crippen LogP) is 4.71. The molecule has 0 amide bonds. The lowest BCUT2D eigenvalue weighted by atomic mass is 10.1. The molecule has 0 radical (unpaired) electrons. The van der Waals surface area contributed by atoms with Crippen molar-refractivity contribution in [2.75, 3.05) is 47.8 Å². The maximum absolute atomic E-state index is 13.2. The lowest BCUT2D eigenvalue weighted by molar-refractivity contribution is 0.0672. The minimum absolute atomic E-state index is 0.0361. The molecule has 0 saturated carbocycles. The SMILES string of the molecule is CCc1nc2c(cnn2C2CCOCC2)c(=O)n1Cc1ccc(OC)cc1.COCc1nc2c(cnn2C2CCOCC2)c(=O)n1Cc1ccc(OC)cc1. The second-order valence-electron chi connectivity index (χ2n) is 13.7. The molecule has 2 aliphatic rings. The van der Waals surface area contributed by atoms with Crippen molar-refractivity contribution in [3.05, 3.63) is 104 Å². The molecule has 15 heteroatoms. The van der Waals surface area contributed by atoms with E-state index in [1.54, 1.807) is 42.9 Å². The van der Waals surface area contributed by atoms with Crippen LogP contribution in [0.25, 0.3) is 22.1 Å².